The summed E-state index contributed by atoms with van der Waals surface area (Å²) in [6.07, 6.45) is 1.48. The molecule has 0 aliphatic heterocycles. The maximum absolute atomic E-state index is 10.7. The molecule has 1 fully saturated rings. The number of anilines is 1. The van der Waals surface area contributed by atoms with Crippen LogP contribution in [0.25, 0.3) is 0 Å². The average Bonchev–Trinajstić information content (AvgIpc) is 2.84. The Morgan fingerprint density at radius 2 is 2.07 bits per heavy atom. The second kappa shape index (κ2) is 2.99. The fourth-order valence-electron chi connectivity index (χ4n) is 1.52. The molecule has 4 heteroatoms. The number of nitrogens with one attached hydrogen (secondary N) is 1. The number of carbonyl (C=O) groups is 1. The van der Waals surface area contributed by atoms with E-state index in [1.54, 1.807) is 18.2 Å². The summed E-state index contributed by atoms with van der Waals surface area (Å²) in [6.45, 7) is 0. The smallest absolute Gasteiger partial charge is 0.316 e. The Hall–Kier alpha value is -1.55. The summed E-state index contributed by atoms with van der Waals surface area (Å²) in [5.74, 6) is 0. The molecular formula is C10H12N2O2. The fraction of sp³-hybridized carbons (Fsp3) is 0.300. The Morgan fingerprint density at radius 1 is 1.43 bits per heavy atom. The molecule has 1 aromatic carbocycles. The van der Waals surface area contributed by atoms with Crippen LogP contribution in [0.1, 0.15) is 18.4 Å². The van der Waals surface area contributed by atoms with E-state index in [1.165, 1.54) is 0 Å². The third-order valence-electron chi connectivity index (χ3n) is 2.41. The highest BCUT2D eigenvalue weighted by Crippen LogP contribution is 2.47. The highest BCUT2D eigenvalue weighted by atomic mass is 16.3. The fourth-order valence-corrected chi connectivity index (χ4v) is 1.52. The number of primary amides is 1. The van der Waals surface area contributed by atoms with Gasteiger partial charge >= 0.3 is 6.03 Å². The van der Waals surface area contributed by atoms with Crippen LogP contribution in [-0.4, -0.2) is 11.1 Å². The van der Waals surface area contributed by atoms with Crippen molar-refractivity contribution in [3.8, 4) is 0 Å². The van der Waals surface area contributed by atoms with Gasteiger partial charge in [-0.05, 0) is 18.9 Å². The molecule has 1 saturated carbocycles. The largest absolute Gasteiger partial charge is 0.385 e. The molecule has 1 aromatic rings. The summed E-state index contributed by atoms with van der Waals surface area (Å²) in [7, 11) is 0. The Labute approximate surface area is 81.7 Å². The minimum Gasteiger partial charge on any atom is -0.385 e. The van der Waals surface area contributed by atoms with E-state index < -0.39 is 11.6 Å². The van der Waals surface area contributed by atoms with E-state index in [2.05, 4.69) is 5.32 Å². The van der Waals surface area contributed by atoms with Gasteiger partial charge in [-0.25, -0.2) is 4.79 Å². The lowest BCUT2D eigenvalue weighted by Crippen LogP contribution is -2.21. The predicted octanol–water partition coefficient (Wildman–Crippen LogP) is 1.16. The number of hydrogen-bond donors (Lipinski definition) is 3. The van der Waals surface area contributed by atoms with E-state index in [-0.39, 0.29) is 0 Å². The van der Waals surface area contributed by atoms with Gasteiger partial charge in [0.25, 0.3) is 0 Å². The van der Waals surface area contributed by atoms with Crippen LogP contribution in [0.15, 0.2) is 24.3 Å². The van der Waals surface area contributed by atoms with E-state index in [4.69, 9.17) is 5.73 Å². The maximum atomic E-state index is 10.7. The number of aliphatic hydroxyl groups is 1. The van der Waals surface area contributed by atoms with Crippen LogP contribution < -0.4 is 11.1 Å². The molecule has 0 spiro atoms. The predicted molar refractivity (Wildman–Crippen MR) is 52.8 cm³/mol. The number of nitrogens with two attached hydrogens (primary N) is 1. The number of para-hydroxylation sites is 1. The van der Waals surface area contributed by atoms with Gasteiger partial charge in [0.2, 0.25) is 0 Å². The molecule has 2 rings (SSSR count). The van der Waals surface area contributed by atoms with Gasteiger partial charge < -0.3 is 16.2 Å². The third kappa shape index (κ3) is 1.56. The minimum atomic E-state index is -0.751. The van der Waals surface area contributed by atoms with Crippen molar-refractivity contribution in [2.45, 2.75) is 18.4 Å². The van der Waals surface area contributed by atoms with Crippen molar-refractivity contribution in [2.24, 2.45) is 5.73 Å². The number of hydrogen-bond acceptors (Lipinski definition) is 2. The van der Waals surface area contributed by atoms with E-state index in [1.807, 2.05) is 6.07 Å². The summed E-state index contributed by atoms with van der Waals surface area (Å²) in [6, 6.07) is 6.55. The third-order valence-corrected chi connectivity index (χ3v) is 2.41. The van der Waals surface area contributed by atoms with Crippen molar-refractivity contribution in [3.05, 3.63) is 29.8 Å². The van der Waals surface area contributed by atoms with Crippen LogP contribution in [0.3, 0.4) is 0 Å². The van der Waals surface area contributed by atoms with Gasteiger partial charge in [0.05, 0.1) is 5.60 Å². The Morgan fingerprint density at radius 3 is 2.64 bits per heavy atom. The zero-order valence-corrected chi connectivity index (χ0v) is 7.66. The van der Waals surface area contributed by atoms with Crippen LogP contribution in [0.5, 0.6) is 0 Å². The minimum absolute atomic E-state index is 0.597. The van der Waals surface area contributed by atoms with E-state index in [0.717, 1.165) is 18.4 Å². The number of amides is 2. The first-order valence-corrected chi connectivity index (χ1v) is 4.50. The van der Waals surface area contributed by atoms with Crippen LogP contribution in [0.4, 0.5) is 10.5 Å². The molecule has 0 aromatic heterocycles. The summed E-state index contributed by atoms with van der Waals surface area (Å²) in [5, 5.41) is 12.4. The van der Waals surface area contributed by atoms with Crippen molar-refractivity contribution in [1.29, 1.82) is 0 Å². The van der Waals surface area contributed by atoms with Crippen LogP contribution in [-0.2, 0) is 5.60 Å². The molecule has 0 bridgehead atoms. The number of urea groups is 1. The Balaban J connectivity index is 2.34. The lowest BCUT2D eigenvalue weighted by molar-refractivity contribution is 0.152. The highest BCUT2D eigenvalue weighted by molar-refractivity contribution is 5.89. The second-order valence-corrected chi connectivity index (χ2v) is 3.57. The standard InChI is InChI=1S/C10H12N2O2/c11-9(13)12-8-4-2-1-3-7(8)10(14)5-6-10/h1-4,14H,5-6H2,(H3,11,12,13). The van der Waals surface area contributed by atoms with Gasteiger partial charge in [-0.3, -0.25) is 0 Å². The molecule has 0 heterocycles. The van der Waals surface area contributed by atoms with Gasteiger partial charge in [0.15, 0.2) is 0 Å². The van der Waals surface area contributed by atoms with Gasteiger partial charge in [0, 0.05) is 11.3 Å². The van der Waals surface area contributed by atoms with Crippen LogP contribution >= 0.6 is 0 Å². The Bertz CT molecular complexity index is 372. The normalized spacial score (nSPS) is 17.5. The molecule has 4 N–H and O–H groups in total. The molecule has 0 saturated heterocycles. The second-order valence-electron chi connectivity index (χ2n) is 3.57. The molecule has 1 aliphatic rings. The van der Waals surface area contributed by atoms with E-state index in [0.29, 0.717) is 5.69 Å². The van der Waals surface area contributed by atoms with Crippen molar-refractivity contribution in [1.82, 2.24) is 0 Å². The van der Waals surface area contributed by atoms with Gasteiger partial charge in [-0.1, -0.05) is 18.2 Å². The van der Waals surface area contributed by atoms with Crippen molar-refractivity contribution < 1.29 is 9.90 Å². The van der Waals surface area contributed by atoms with Gasteiger partial charge in [-0.2, -0.15) is 0 Å². The quantitative estimate of drug-likeness (QED) is 0.657. The first-order chi connectivity index (χ1) is 6.62. The molecule has 0 radical (unpaired) electrons. The topological polar surface area (TPSA) is 75.4 Å². The number of carbonyl (C=O) groups excluding carboxylic acids is 1. The van der Waals surface area contributed by atoms with Crippen molar-refractivity contribution in [3.63, 3.8) is 0 Å². The van der Waals surface area contributed by atoms with E-state index in [9.17, 15) is 9.90 Å². The molecule has 14 heavy (non-hydrogen) atoms. The average molecular weight is 192 g/mol. The molecule has 4 nitrogen and oxygen atoms in total. The molecule has 0 unspecified atom stereocenters. The summed E-state index contributed by atoms with van der Waals surface area (Å²) in [5.41, 5.74) is 5.62. The summed E-state index contributed by atoms with van der Waals surface area (Å²) < 4.78 is 0. The van der Waals surface area contributed by atoms with E-state index >= 15 is 0 Å². The molecule has 1 aliphatic carbocycles. The zero-order valence-electron chi connectivity index (χ0n) is 7.66. The lowest BCUT2D eigenvalue weighted by Gasteiger charge is -2.13. The molecule has 2 amide bonds. The van der Waals surface area contributed by atoms with Gasteiger partial charge in [-0.15, -0.1) is 0 Å². The first kappa shape index (κ1) is 9.02. The molecule has 74 valence electrons. The molecular weight excluding hydrogens is 180 g/mol. The SMILES string of the molecule is NC(=O)Nc1ccccc1C1(O)CC1. The molecule has 0 atom stereocenters. The Kier molecular flexibility index (Phi) is 1.93. The number of benzene rings is 1. The summed E-state index contributed by atoms with van der Waals surface area (Å²) >= 11 is 0. The first-order valence-electron chi connectivity index (χ1n) is 4.50. The van der Waals surface area contributed by atoms with Crippen molar-refractivity contribution >= 4 is 11.7 Å². The monoisotopic (exact) mass is 192 g/mol. The summed E-state index contributed by atoms with van der Waals surface area (Å²) in [4.78, 5) is 10.7. The maximum Gasteiger partial charge on any atom is 0.316 e. The van der Waals surface area contributed by atoms with Crippen molar-refractivity contribution in [2.75, 3.05) is 5.32 Å². The van der Waals surface area contributed by atoms with Crippen LogP contribution in [0.2, 0.25) is 0 Å². The van der Waals surface area contributed by atoms with Crippen LogP contribution in [0, 0.1) is 0 Å². The number of rotatable bonds is 2. The lowest BCUT2D eigenvalue weighted by atomic mass is 10.1. The highest BCUT2D eigenvalue weighted by Gasteiger charge is 2.43. The zero-order chi connectivity index (χ0) is 10.2. The van der Waals surface area contributed by atoms with Gasteiger partial charge in [0.1, 0.15) is 0 Å².